The summed E-state index contributed by atoms with van der Waals surface area (Å²) in [6, 6.07) is 0. The van der Waals surface area contributed by atoms with E-state index in [-0.39, 0.29) is 17.5 Å². The molecule has 3 nitrogen and oxygen atoms in total. The molecule has 0 radical (unpaired) electrons. The van der Waals surface area contributed by atoms with Gasteiger partial charge in [0.25, 0.3) is 0 Å². The maximum Gasteiger partial charge on any atom is 0.315 e. The van der Waals surface area contributed by atoms with E-state index in [1.165, 1.54) is 0 Å². The number of hydrogen-bond acceptors (Lipinski definition) is 3. The fourth-order valence-corrected chi connectivity index (χ4v) is 1.96. The van der Waals surface area contributed by atoms with E-state index >= 15 is 0 Å². The number of carbonyl (C=O) groups is 1. The molecular formula is C13H22O3. The summed E-state index contributed by atoms with van der Waals surface area (Å²) in [5.74, 6) is -0.314. The minimum Gasteiger partial charge on any atom is -0.461 e. The molecule has 0 spiro atoms. The molecule has 0 aliphatic carbocycles. The summed E-state index contributed by atoms with van der Waals surface area (Å²) >= 11 is 0. The maximum atomic E-state index is 11.9. The molecule has 1 N–H and O–H groups in total. The Labute approximate surface area is 97.5 Å². The first kappa shape index (κ1) is 13.2. The first-order chi connectivity index (χ1) is 7.21. The van der Waals surface area contributed by atoms with E-state index in [1.807, 2.05) is 20.8 Å². The summed E-state index contributed by atoms with van der Waals surface area (Å²) in [5.41, 5.74) is -0.963. The van der Waals surface area contributed by atoms with Crippen molar-refractivity contribution in [1.82, 2.24) is 0 Å². The van der Waals surface area contributed by atoms with Crippen molar-refractivity contribution in [2.75, 3.05) is 0 Å². The number of rotatable bonds is 2. The molecule has 0 amide bonds. The Kier molecular flexibility index (Phi) is 3.48. The third-order valence-electron chi connectivity index (χ3n) is 3.42. The van der Waals surface area contributed by atoms with Crippen molar-refractivity contribution >= 4 is 5.97 Å². The Bertz CT molecular complexity index is 290. The van der Waals surface area contributed by atoms with Crippen LogP contribution < -0.4 is 0 Å². The van der Waals surface area contributed by atoms with Crippen LogP contribution in [-0.2, 0) is 9.53 Å². The molecule has 3 atom stereocenters. The van der Waals surface area contributed by atoms with Gasteiger partial charge in [-0.1, -0.05) is 26.8 Å². The van der Waals surface area contributed by atoms with Crippen molar-refractivity contribution in [3.63, 3.8) is 0 Å². The van der Waals surface area contributed by atoms with Gasteiger partial charge in [-0.15, -0.1) is 6.58 Å². The highest BCUT2D eigenvalue weighted by Gasteiger charge is 2.49. The molecule has 1 saturated heterocycles. The van der Waals surface area contributed by atoms with Crippen LogP contribution in [0.2, 0.25) is 0 Å². The minimum absolute atomic E-state index is 0.133. The third kappa shape index (κ3) is 2.29. The van der Waals surface area contributed by atoms with Gasteiger partial charge in [-0.3, -0.25) is 4.79 Å². The van der Waals surface area contributed by atoms with Gasteiger partial charge in [0.1, 0.15) is 6.10 Å². The van der Waals surface area contributed by atoms with Gasteiger partial charge in [0.2, 0.25) is 0 Å². The smallest absolute Gasteiger partial charge is 0.315 e. The molecule has 1 aliphatic rings. The van der Waals surface area contributed by atoms with Crippen LogP contribution in [0.4, 0.5) is 0 Å². The van der Waals surface area contributed by atoms with E-state index < -0.39 is 11.5 Å². The summed E-state index contributed by atoms with van der Waals surface area (Å²) in [6.45, 7) is 11.4. The average Bonchev–Trinajstić information content (AvgIpc) is 2.13. The van der Waals surface area contributed by atoms with Crippen molar-refractivity contribution in [3.05, 3.63) is 12.7 Å². The second kappa shape index (κ2) is 4.21. The summed E-state index contributed by atoms with van der Waals surface area (Å²) in [5, 5.41) is 10.1. The molecule has 0 saturated carbocycles. The molecule has 0 aromatic carbocycles. The van der Waals surface area contributed by atoms with E-state index in [0.29, 0.717) is 12.8 Å². The highest BCUT2D eigenvalue weighted by molar-refractivity contribution is 5.78. The Morgan fingerprint density at radius 1 is 1.62 bits per heavy atom. The molecule has 1 heterocycles. The highest BCUT2D eigenvalue weighted by atomic mass is 16.6. The molecule has 16 heavy (non-hydrogen) atoms. The molecule has 1 rings (SSSR count). The lowest BCUT2D eigenvalue weighted by Gasteiger charge is -2.43. The Morgan fingerprint density at radius 3 is 2.56 bits per heavy atom. The third-order valence-corrected chi connectivity index (χ3v) is 3.42. The van der Waals surface area contributed by atoms with Gasteiger partial charge < -0.3 is 9.84 Å². The lowest BCUT2D eigenvalue weighted by atomic mass is 9.73. The largest absolute Gasteiger partial charge is 0.461 e. The maximum absolute atomic E-state index is 11.9. The van der Waals surface area contributed by atoms with Gasteiger partial charge in [0, 0.05) is 6.42 Å². The quantitative estimate of drug-likeness (QED) is 0.580. The van der Waals surface area contributed by atoms with E-state index in [1.54, 1.807) is 13.0 Å². The van der Waals surface area contributed by atoms with Crippen LogP contribution in [0.25, 0.3) is 0 Å². The van der Waals surface area contributed by atoms with Crippen LogP contribution in [0.15, 0.2) is 12.7 Å². The Balaban J connectivity index is 2.87. The standard InChI is InChI=1S/C13H22O3/c1-6-7-13(5)9(14)8-10(12(2,3)4)16-11(13)15/h6,9-10,14H,1,7-8H2,2-5H3. The first-order valence-corrected chi connectivity index (χ1v) is 5.72. The van der Waals surface area contributed by atoms with Crippen LogP contribution in [0.1, 0.15) is 40.5 Å². The van der Waals surface area contributed by atoms with Crippen molar-refractivity contribution in [3.8, 4) is 0 Å². The summed E-state index contributed by atoms with van der Waals surface area (Å²) < 4.78 is 5.44. The number of carbonyl (C=O) groups excluding carboxylic acids is 1. The predicted octanol–water partition coefficient (Wildman–Crippen LogP) is 2.29. The predicted molar refractivity (Wildman–Crippen MR) is 62.9 cm³/mol. The van der Waals surface area contributed by atoms with Gasteiger partial charge in [0.15, 0.2) is 0 Å². The van der Waals surface area contributed by atoms with Crippen LogP contribution in [0.5, 0.6) is 0 Å². The zero-order valence-corrected chi connectivity index (χ0v) is 10.6. The van der Waals surface area contributed by atoms with Crippen LogP contribution in [0.3, 0.4) is 0 Å². The van der Waals surface area contributed by atoms with Crippen LogP contribution >= 0.6 is 0 Å². The molecule has 92 valence electrons. The van der Waals surface area contributed by atoms with E-state index in [9.17, 15) is 9.90 Å². The molecule has 3 heteroatoms. The zero-order chi connectivity index (χ0) is 12.6. The first-order valence-electron chi connectivity index (χ1n) is 5.72. The monoisotopic (exact) mass is 226 g/mol. The van der Waals surface area contributed by atoms with E-state index in [2.05, 4.69) is 6.58 Å². The van der Waals surface area contributed by atoms with Gasteiger partial charge in [-0.2, -0.15) is 0 Å². The van der Waals surface area contributed by atoms with Gasteiger partial charge in [0.05, 0.1) is 11.5 Å². The normalized spacial score (nSPS) is 35.7. The number of aliphatic hydroxyl groups excluding tert-OH is 1. The SMILES string of the molecule is C=CCC1(C)C(=O)OC(C(C)(C)C)CC1O. The topological polar surface area (TPSA) is 46.5 Å². The number of ether oxygens (including phenoxy) is 1. The molecule has 0 aromatic rings. The zero-order valence-electron chi connectivity index (χ0n) is 10.6. The lowest BCUT2D eigenvalue weighted by molar-refractivity contribution is -0.191. The fraction of sp³-hybridized carbons (Fsp3) is 0.769. The second-order valence-electron chi connectivity index (χ2n) is 5.92. The van der Waals surface area contributed by atoms with Gasteiger partial charge in [-0.25, -0.2) is 0 Å². The van der Waals surface area contributed by atoms with Crippen molar-refractivity contribution in [2.45, 2.75) is 52.7 Å². The molecular weight excluding hydrogens is 204 g/mol. The molecule has 0 aromatic heterocycles. The number of aliphatic hydroxyl groups is 1. The fourth-order valence-electron chi connectivity index (χ4n) is 1.96. The Hall–Kier alpha value is -0.830. The highest BCUT2D eigenvalue weighted by Crippen LogP contribution is 2.40. The van der Waals surface area contributed by atoms with Crippen LogP contribution in [0, 0.1) is 10.8 Å². The molecule has 1 aliphatic heterocycles. The van der Waals surface area contributed by atoms with Crippen molar-refractivity contribution in [2.24, 2.45) is 10.8 Å². The Morgan fingerprint density at radius 2 is 2.19 bits per heavy atom. The summed E-state index contributed by atoms with van der Waals surface area (Å²) in [7, 11) is 0. The molecule has 1 fully saturated rings. The molecule has 3 unspecified atom stereocenters. The van der Waals surface area contributed by atoms with E-state index in [0.717, 1.165) is 0 Å². The number of esters is 1. The van der Waals surface area contributed by atoms with Crippen molar-refractivity contribution in [1.29, 1.82) is 0 Å². The van der Waals surface area contributed by atoms with Gasteiger partial charge >= 0.3 is 5.97 Å². The van der Waals surface area contributed by atoms with Crippen molar-refractivity contribution < 1.29 is 14.6 Å². The van der Waals surface area contributed by atoms with Crippen LogP contribution in [-0.4, -0.2) is 23.3 Å². The molecule has 0 bridgehead atoms. The lowest BCUT2D eigenvalue weighted by Crippen LogP contribution is -2.52. The number of cyclic esters (lactones) is 1. The summed E-state index contributed by atoms with van der Waals surface area (Å²) in [6.07, 6.45) is 1.73. The second-order valence-corrected chi connectivity index (χ2v) is 5.92. The summed E-state index contributed by atoms with van der Waals surface area (Å²) in [4.78, 5) is 11.9. The average molecular weight is 226 g/mol. The number of allylic oxidation sites excluding steroid dienone is 1. The minimum atomic E-state index is -0.830. The number of hydrogen-bond donors (Lipinski definition) is 1. The van der Waals surface area contributed by atoms with E-state index in [4.69, 9.17) is 4.74 Å². The van der Waals surface area contributed by atoms with Gasteiger partial charge in [-0.05, 0) is 18.8 Å².